The molecule has 0 N–H and O–H groups in total. The highest BCUT2D eigenvalue weighted by Crippen LogP contribution is 2.27. The first-order valence-electron chi connectivity index (χ1n) is 7.16. The van der Waals surface area contributed by atoms with Crippen LogP contribution in [-0.4, -0.2) is 13.1 Å². The first kappa shape index (κ1) is 15.7. The van der Waals surface area contributed by atoms with Gasteiger partial charge in [0.15, 0.2) is 0 Å². The summed E-state index contributed by atoms with van der Waals surface area (Å²) in [6.45, 7) is 9.11. The van der Waals surface area contributed by atoms with Crippen molar-refractivity contribution in [2.45, 2.75) is 40.5 Å². The maximum Gasteiger partial charge on any atom is 0.337 e. The third-order valence-electron chi connectivity index (χ3n) is 4.05. The van der Waals surface area contributed by atoms with Gasteiger partial charge in [-0.2, -0.15) is 0 Å². The molecule has 0 radical (unpaired) electrons. The van der Waals surface area contributed by atoms with Crippen LogP contribution in [0.15, 0.2) is 24.3 Å². The monoisotopic (exact) mass is 262 g/mol. The number of rotatable bonds is 6. The maximum absolute atomic E-state index is 11.6. The van der Waals surface area contributed by atoms with Crippen LogP contribution in [0.1, 0.15) is 50.0 Å². The predicted molar refractivity (Wildman–Crippen MR) is 79.3 cm³/mol. The fraction of sp³-hybridized carbons (Fsp3) is 0.588. The number of esters is 1. The Morgan fingerprint density at radius 1 is 1.26 bits per heavy atom. The van der Waals surface area contributed by atoms with E-state index < -0.39 is 0 Å². The summed E-state index contributed by atoms with van der Waals surface area (Å²) in [6.07, 6.45) is 2.22. The van der Waals surface area contributed by atoms with E-state index in [0.717, 1.165) is 6.42 Å². The molecule has 0 aliphatic carbocycles. The quantitative estimate of drug-likeness (QED) is 0.713. The van der Waals surface area contributed by atoms with Crippen LogP contribution < -0.4 is 0 Å². The highest BCUT2D eigenvalue weighted by atomic mass is 16.5. The average Bonchev–Trinajstić information content (AvgIpc) is 2.43. The van der Waals surface area contributed by atoms with Crippen LogP contribution in [-0.2, 0) is 11.2 Å². The fourth-order valence-corrected chi connectivity index (χ4v) is 2.61. The van der Waals surface area contributed by atoms with Crippen molar-refractivity contribution in [1.82, 2.24) is 0 Å². The van der Waals surface area contributed by atoms with Crippen molar-refractivity contribution in [3.63, 3.8) is 0 Å². The molecule has 19 heavy (non-hydrogen) atoms. The van der Waals surface area contributed by atoms with Gasteiger partial charge in [0.05, 0.1) is 12.7 Å². The van der Waals surface area contributed by atoms with E-state index >= 15 is 0 Å². The van der Waals surface area contributed by atoms with E-state index in [4.69, 9.17) is 4.74 Å². The number of methoxy groups -OCH3 is 1. The van der Waals surface area contributed by atoms with Gasteiger partial charge in [-0.1, -0.05) is 46.2 Å². The Kier molecular flexibility index (Phi) is 6.07. The minimum atomic E-state index is -0.258. The van der Waals surface area contributed by atoms with Crippen molar-refractivity contribution in [1.29, 1.82) is 0 Å². The largest absolute Gasteiger partial charge is 0.465 e. The minimum Gasteiger partial charge on any atom is -0.465 e. The summed E-state index contributed by atoms with van der Waals surface area (Å²) in [6, 6.07) is 7.81. The Morgan fingerprint density at radius 3 is 2.47 bits per heavy atom. The lowest BCUT2D eigenvalue weighted by molar-refractivity contribution is 0.0600. The lowest BCUT2D eigenvalue weighted by Gasteiger charge is -2.27. The Balaban J connectivity index is 2.88. The maximum atomic E-state index is 11.6. The van der Waals surface area contributed by atoms with Crippen molar-refractivity contribution in [2.75, 3.05) is 7.11 Å². The number of hydrogen-bond donors (Lipinski definition) is 0. The second-order valence-electron chi connectivity index (χ2n) is 5.69. The standard InChI is InChI=1S/C17H26O2/c1-6-13(4)16(12(2)3)11-14-8-7-9-15(10-14)17(18)19-5/h7-10,12-13,16H,6,11H2,1-5H3. The van der Waals surface area contributed by atoms with Gasteiger partial charge in [0.2, 0.25) is 0 Å². The van der Waals surface area contributed by atoms with E-state index in [1.54, 1.807) is 0 Å². The van der Waals surface area contributed by atoms with Crippen LogP contribution in [0.4, 0.5) is 0 Å². The van der Waals surface area contributed by atoms with Crippen molar-refractivity contribution in [2.24, 2.45) is 17.8 Å². The van der Waals surface area contributed by atoms with E-state index in [1.165, 1.54) is 19.1 Å². The van der Waals surface area contributed by atoms with Crippen LogP contribution in [0, 0.1) is 17.8 Å². The topological polar surface area (TPSA) is 26.3 Å². The Hall–Kier alpha value is -1.31. The highest BCUT2D eigenvalue weighted by Gasteiger charge is 2.20. The average molecular weight is 262 g/mol. The van der Waals surface area contributed by atoms with Gasteiger partial charge in [-0.05, 0) is 41.9 Å². The van der Waals surface area contributed by atoms with Crippen LogP contribution in [0.2, 0.25) is 0 Å². The summed E-state index contributed by atoms with van der Waals surface area (Å²) in [5.41, 5.74) is 1.87. The first-order chi connectivity index (χ1) is 8.99. The smallest absolute Gasteiger partial charge is 0.337 e. The van der Waals surface area contributed by atoms with Crippen molar-refractivity contribution in [3.05, 3.63) is 35.4 Å². The predicted octanol–water partition coefficient (Wildman–Crippen LogP) is 4.33. The van der Waals surface area contributed by atoms with Gasteiger partial charge < -0.3 is 4.74 Å². The molecule has 0 spiro atoms. The third-order valence-corrected chi connectivity index (χ3v) is 4.05. The van der Waals surface area contributed by atoms with Gasteiger partial charge >= 0.3 is 5.97 Å². The summed E-state index contributed by atoms with van der Waals surface area (Å²) in [7, 11) is 1.42. The van der Waals surface area contributed by atoms with Gasteiger partial charge in [-0.3, -0.25) is 0 Å². The molecule has 0 aliphatic heterocycles. The molecule has 2 nitrogen and oxygen atoms in total. The summed E-state index contributed by atoms with van der Waals surface area (Å²) < 4.78 is 4.77. The second-order valence-corrected chi connectivity index (χ2v) is 5.69. The summed E-state index contributed by atoms with van der Waals surface area (Å²) in [4.78, 5) is 11.6. The minimum absolute atomic E-state index is 0.258. The van der Waals surface area contributed by atoms with Crippen LogP contribution in [0.3, 0.4) is 0 Å². The third kappa shape index (κ3) is 4.38. The zero-order chi connectivity index (χ0) is 14.4. The summed E-state index contributed by atoms with van der Waals surface area (Å²) >= 11 is 0. The zero-order valence-corrected chi connectivity index (χ0v) is 12.8. The van der Waals surface area contributed by atoms with E-state index in [0.29, 0.717) is 23.3 Å². The normalized spacial score (nSPS) is 14.2. The molecule has 0 fully saturated rings. The Labute approximate surface area is 117 Å². The molecule has 1 rings (SSSR count). The molecule has 2 unspecified atom stereocenters. The van der Waals surface area contributed by atoms with Gasteiger partial charge in [0.25, 0.3) is 0 Å². The fourth-order valence-electron chi connectivity index (χ4n) is 2.61. The molecule has 1 aromatic carbocycles. The number of benzene rings is 1. The molecular formula is C17H26O2. The number of hydrogen-bond acceptors (Lipinski definition) is 2. The Bertz CT molecular complexity index is 409. The molecule has 0 amide bonds. The van der Waals surface area contributed by atoms with Gasteiger partial charge in [-0.15, -0.1) is 0 Å². The van der Waals surface area contributed by atoms with Crippen LogP contribution in [0.5, 0.6) is 0 Å². The molecule has 0 saturated carbocycles. The van der Waals surface area contributed by atoms with E-state index in [2.05, 4.69) is 33.8 Å². The first-order valence-corrected chi connectivity index (χ1v) is 7.16. The highest BCUT2D eigenvalue weighted by molar-refractivity contribution is 5.89. The molecule has 0 aromatic heterocycles. The lowest BCUT2D eigenvalue weighted by Crippen LogP contribution is -2.20. The van der Waals surface area contributed by atoms with Crippen molar-refractivity contribution < 1.29 is 9.53 Å². The molecule has 106 valence electrons. The van der Waals surface area contributed by atoms with E-state index in [9.17, 15) is 4.79 Å². The van der Waals surface area contributed by atoms with Gasteiger partial charge in [-0.25, -0.2) is 4.79 Å². The number of ether oxygens (including phenoxy) is 1. The SMILES string of the molecule is CCC(C)C(Cc1cccc(C(=O)OC)c1)C(C)C. The Morgan fingerprint density at radius 2 is 1.95 bits per heavy atom. The molecule has 1 aromatic rings. The molecule has 0 bridgehead atoms. The lowest BCUT2D eigenvalue weighted by atomic mass is 9.79. The second kappa shape index (κ2) is 7.32. The molecule has 0 saturated heterocycles. The number of carbonyl (C=O) groups excluding carboxylic acids is 1. The van der Waals surface area contributed by atoms with Gasteiger partial charge in [0.1, 0.15) is 0 Å². The summed E-state index contributed by atoms with van der Waals surface area (Å²) in [5, 5.41) is 0. The molecule has 2 atom stereocenters. The summed E-state index contributed by atoms with van der Waals surface area (Å²) in [5.74, 6) is 1.74. The molecule has 0 aliphatic rings. The zero-order valence-electron chi connectivity index (χ0n) is 12.8. The molecular weight excluding hydrogens is 236 g/mol. The van der Waals surface area contributed by atoms with Crippen molar-refractivity contribution in [3.8, 4) is 0 Å². The molecule has 2 heteroatoms. The van der Waals surface area contributed by atoms with Crippen LogP contribution >= 0.6 is 0 Å². The van der Waals surface area contributed by atoms with E-state index in [1.807, 2.05) is 18.2 Å². The number of carbonyl (C=O) groups is 1. The van der Waals surface area contributed by atoms with Gasteiger partial charge in [0, 0.05) is 0 Å². The van der Waals surface area contributed by atoms with Crippen LogP contribution in [0.25, 0.3) is 0 Å². The van der Waals surface area contributed by atoms with Crippen molar-refractivity contribution >= 4 is 5.97 Å². The molecule has 0 heterocycles. The van der Waals surface area contributed by atoms with E-state index in [-0.39, 0.29) is 5.97 Å².